The summed E-state index contributed by atoms with van der Waals surface area (Å²) in [6.07, 6.45) is 0. The summed E-state index contributed by atoms with van der Waals surface area (Å²) >= 11 is 13.2. The van der Waals surface area contributed by atoms with Gasteiger partial charge in [-0.1, -0.05) is 41.4 Å². The van der Waals surface area contributed by atoms with Gasteiger partial charge in [0, 0.05) is 16.1 Å². The molecule has 0 aliphatic rings. The molecule has 3 rings (SSSR count). The average Bonchev–Trinajstić information content (AvgIpc) is 2.70. The number of halogens is 2. The van der Waals surface area contributed by atoms with Gasteiger partial charge in [-0.25, -0.2) is 8.42 Å². The van der Waals surface area contributed by atoms with Crippen molar-refractivity contribution in [3.8, 4) is 0 Å². The zero-order chi connectivity index (χ0) is 20.1. The molecule has 28 heavy (non-hydrogen) atoms. The number of nitrogens with one attached hydrogen (secondary N) is 1. The lowest BCUT2D eigenvalue weighted by molar-refractivity contribution is 0.102. The van der Waals surface area contributed by atoms with Gasteiger partial charge in [0.2, 0.25) is 0 Å². The van der Waals surface area contributed by atoms with Crippen LogP contribution < -0.4 is 4.72 Å². The van der Waals surface area contributed by atoms with E-state index in [9.17, 15) is 13.2 Å². The lowest BCUT2D eigenvalue weighted by atomic mass is 10.1. The molecule has 0 radical (unpaired) electrons. The Bertz CT molecular complexity index is 1090. The van der Waals surface area contributed by atoms with Gasteiger partial charge in [-0.05, 0) is 54.6 Å². The summed E-state index contributed by atoms with van der Waals surface area (Å²) in [5.41, 5.74) is 0.943. The Balaban J connectivity index is 1.61. The number of carbonyl (C=O) groups is 1. The minimum atomic E-state index is -3.63. The van der Waals surface area contributed by atoms with Gasteiger partial charge in [0.05, 0.1) is 20.7 Å². The molecule has 0 saturated heterocycles. The predicted molar refractivity (Wildman–Crippen MR) is 115 cm³/mol. The second-order valence-electron chi connectivity index (χ2n) is 5.78. The Morgan fingerprint density at radius 3 is 2.21 bits per heavy atom. The Morgan fingerprint density at radius 2 is 1.57 bits per heavy atom. The van der Waals surface area contributed by atoms with Gasteiger partial charge in [0.25, 0.3) is 10.0 Å². The molecule has 0 bridgehead atoms. The molecule has 0 aromatic heterocycles. The highest BCUT2D eigenvalue weighted by Crippen LogP contribution is 2.26. The summed E-state index contributed by atoms with van der Waals surface area (Å²) in [4.78, 5) is 13.3. The normalized spacial score (nSPS) is 11.2. The van der Waals surface area contributed by atoms with Crippen molar-refractivity contribution in [2.75, 3.05) is 10.5 Å². The number of anilines is 1. The third-order valence-corrected chi connectivity index (χ3v) is 6.92. The highest BCUT2D eigenvalue weighted by molar-refractivity contribution is 8.00. The van der Waals surface area contributed by atoms with Crippen LogP contribution in [0.4, 0.5) is 5.69 Å². The summed E-state index contributed by atoms with van der Waals surface area (Å²) in [6, 6.07) is 19.8. The van der Waals surface area contributed by atoms with Gasteiger partial charge in [-0.15, -0.1) is 11.8 Å². The first kappa shape index (κ1) is 20.7. The topological polar surface area (TPSA) is 63.2 Å². The van der Waals surface area contributed by atoms with Gasteiger partial charge in [0.15, 0.2) is 5.78 Å². The first-order valence-electron chi connectivity index (χ1n) is 8.14. The number of benzene rings is 3. The predicted octanol–water partition coefficient (Wildman–Crippen LogP) is 5.77. The fourth-order valence-corrected chi connectivity index (χ4v) is 4.51. The highest BCUT2D eigenvalue weighted by Gasteiger charge is 2.13. The third kappa shape index (κ3) is 5.29. The van der Waals surface area contributed by atoms with Crippen LogP contribution in [0.15, 0.2) is 82.6 Å². The molecule has 0 aliphatic carbocycles. The average molecular weight is 452 g/mol. The van der Waals surface area contributed by atoms with E-state index in [-0.39, 0.29) is 16.4 Å². The number of ketones is 1. The Hall–Kier alpha value is -1.99. The molecule has 4 nitrogen and oxygen atoms in total. The molecule has 0 spiro atoms. The van der Waals surface area contributed by atoms with Crippen LogP contribution in [0.5, 0.6) is 0 Å². The minimum absolute atomic E-state index is 0.0718. The second kappa shape index (κ2) is 9.01. The van der Waals surface area contributed by atoms with Crippen LogP contribution >= 0.6 is 35.0 Å². The standard InChI is InChI=1S/C20H15Cl2NO3S2/c21-18-11-6-14(12-19(18)22)20(24)13-27-16-9-7-15(8-10-16)23-28(25,26)17-4-2-1-3-5-17/h1-12,23H,13H2. The fraction of sp³-hybridized carbons (Fsp3) is 0.0500. The second-order valence-corrected chi connectivity index (χ2v) is 9.33. The minimum Gasteiger partial charge on any atom is -0.293 e. The maximum atomic E-state index is 12.3. The van der Waals surface area contributed by atoms with Crippen LogP contribution in [0, 0.1) is 0 Å². The van der Waals surface area contributed by atoms with Crippen molar-refractivity contribution >= 4 is 56.5 Å². The molecule has 0 fully saturated rings. The number of thioether (sulfide) groups is 1. The van der Waals surface area contributed by atoms with Crippen molar-refractivity contribution < 1.29 is 13.2 Å². The maximum Gasteiger partial charge on any atom is 0.261 e. The van der Waals surface area contributed by atoms with Gasteiger partial charge in [-0.3, -0.25) is 9.52 Å². The van der Waals surface area contributed by atoms with E-state index in [1.165, 1.54) is 23.9 Å². The molecule has 0 amide bonds. The van der Waals surface area contributed by atoms with Crippen LogP contribution in [0.1, 0.15) is 10.4 Å². The van der Waals surface area contributed by atoms with Crippen LogP contribution in [0.2, 0.25) is 10.0 Å². The summed E-state index contributed by atoms with van der Waals surface area (Å²) < 4.78 is 27.2. The van der Waals surface area contributed by atoms with Crippen molar-refractivity contribution in [3.05, 3.63) is 88.4 Å². The lowest BCUT2D eigenvalue weighted by Gasteiger charge is -2.09. The summed E-state index contributed by atoms with van der Waals surface area (Å²) in [5, 5.41) is 0.743. The summed E-state index contributed by atoms with van der Waals surface area (Å²) in [6.45, 7) is 0. The van der Waals surface area contributed by atoms with Crippen molar-refractivity contribution in [2.24, 2.45) is 0 Å². The number of hydrogen-bond acceptors (Lipinski definition) is 4. The molecule has 8 heteroatoms. The quantitative estimate of drug-likeness (QED) is 0.365. The molecule has 3 aromatic rings. The summed E-state index contributed by atoms with van der Waals surface area (Å²) in [7, 11) is -3.63. The van der Waals surface area contributed by atoms with E-state index >= 15 is 0 Å². The monoisotopic (exact) mass is 451 g/mol. The molecule has 0 saturated carbocycles. The number of carbonyl (C=O) groups excluding carboxylic acids is 1. The van der Waals surface area contributed by atoms with E-state index in [1.807, 2.05) is 0 Å². The molecule has 0 atom stereocenters. The number of rotatable bonds is 7. The molecular weight excluding hydrogens is 437 g/mol. The number of sulfonamides is 1. The highest BCUT2D eigenvalue weighted by atomic mass is 35.5. The van der Waals surface area contributed by atoms with Crippen molar-refractivity contribution in [1.82, 2.24) is 0 Å². The largest absolute Gasteiger partial charge is 0.293 e. The molecule has 1 N–H and O–H groups in total. The van der Waals surface area contributed by atoms with E-state index in [4.69, 9.17) is 23.2 Å². The van der Waals surface area contributed by atoms with Crippen molar-refractivity contribution in [3.63, 3.8) is 0 Å². The van der Waals surface area contributed by atoms with Crippen molar-refractivity contribution in [1.29, 1.82) is 0 Å². The molecule has 0 aliphatic heterocycles. The van der Waals surface area contributed by atoms with Gasteiger partial charge < -0.3 is 0 Å². The van der Waals surface area contributed by atoms with Crippen LogP contribution in [0.3, 0.4) is 0 Å². The van der Waals surface area contributed by atoms with Crippen LogP contribution in [0.25, 0.3) is 0 Å². The van der Waals surface area contributed by atoms with Gasteiger partial charge >= 0.3 is 0 Å². The molecule has 3 aromatic carbocycles. The molecule has 0 heterocycles. The third-order valence-electron chi connectivity index (χ3n) is 3.77. The van der Waals surface area contributed by atoms with Crippen molar-refractivity contribution in [2.45, 2.75) is 9.79 Å². The molecule has 144 valence electrons. The lowest BCUT2D eigenvalue weighted by Crippen LogP contribution is -2.12. The molecule has 0 unspecified atom stereocenters. The Kier molecular flexibility index (Phi) is 6.67. The van der Waals surface area contributed by atoms with E-state index < -0.39 is 10.0 Å². The zero-order valence-corrected chi connectivity index (χ0v) is 17.6. The van der Waals surface area contributed by atoms with E-state index in [0.717, 1.165) is 4.90 Å². The summed E-state index contributed by atoms with van der Waals surface area (Å²) in [5.74, 6) is 0.157. The van der Waals surface area contributed by atoms with E-state index in [1.54, 1.807) is 60.7 Å². The first-order valence-corrected chi connectivity index (χ1v) is 11.4. The van der Waals surface area contributed by atoms with Gasteiger partial charge in [0.1, 0.15) is 0 Å². The zero-order valence-electron chi connectivity index (χ0n) is 14.4. The van der Waals surface area contributed by atoms with Crippen LogP contribution in [-0.2, 0) is 10.0 Å². The van der Waals surface area contributed by atoms with Crippen LogP contribution in [-0.4, -0.2) is 20.0 Å². The number of hydrogen-bond donors (Lipinski definition) is 1. The smallest absolute Gasteiger partial charge is 0.261 e. The molecular formula is C20H15Cl2NO3S2. The van der Waals surface area contributed by atoms with E-state index in [2.05, 4.69) is 4.72 Å². The van der Waals surface area contributed by atoms with Gasteiger partial charge in [-0.2, -0.15) is 0 Å². The first-order chi connectivity index (χ1) is 13.3. The Labute approximate surface area is 177 Å². The van der Waals surface area contributed by atoms with E-state index in [0.29, 0.717) is 21.3 Å². The Morgan fingerprint density at radius 1 is 0.893 bits per heavy atom. The fourth-order valence-electron chi connectivity index (χ4n) is 2.33. The number of Topliss-reactive ketones (excluding diaryl/α,β-unsaturated/α-hetero) is 1. The maximum absolute atomic E-state index is 12.3. The SMILES string of the molecule is O=C(CSc1ccc(NS(=O)(=O)c2ccccc2)cc1)c1ccc(Cl)c(Cl)c1.